The Morgan fingerprint density at radius 1 is 1.42 bits per heavy atom. The Hall–Kier alpha value is -0.120. The van der Waals surface area contributed by atoms with E-state index in [0.29, 0.717) is 12.1 Å². The van der Waals surface area contributed by atoms with Gasteiger partial charge in [-0.15, -0.1) is 0 Å². The number of aliphatic hydroxyl groups is 1. The molecule has 3 nitrogen and oxygen atoms in total. The lowest BCUT2D eigenvalue weighted by molar-refractivity contribution is 0.0383. The molecule has 0 amide bonds. The number of rotatable bonds is 2. The zero-order valence-electron chi connectivity index (χ0n) is 8.25. The van der Waals surface area contributed by atoms with Crippen molar-refractivity contribution in [3.8, 4) is 0 Å². The highest BCUT2D eigenvalue weighted by Gasteiger charge is 2.25. The second-order valence-electron chi connectivity index (χ2n) is 3.92. The third-order valence-corrected chi connectivity index (χ3v) is 2.60. The van der Waals surface area contributed by atoms with Gasteiger partial charge in [0.15, 0.2) is 0 Å². The quantitative estimate of drug-likeness (QED) is 0.618. The van der Waals surface area contributed by atoms with Crippen molar-refractivity contribution in [2.24, 2.45) is 0 Å². The van der Waals surface area contributed by atoms with Crippen LogP contribution in [0.5, 0.6) is 0 Å². The smallest absolute Gasteiger partial charge is 0.0682 e. The summed E-state index contributed by atoms with van der Waals surface area (Å²) in [6, 6.07) is 0.993. The summed E-state index contributed by atoms with van der Waals surface area (Å²) in [7, 11) is 1.96. The molecule has 3 heteroatoms. The molecule has 2 atom stereocenters. The Morgan fingerprint density at radius 3 is 2.58 bits per heavy atom. The van der Waals surface area contributed by atoms with Gasteiger partial charge in [-0.3, -0.25) is 4.90 Å². The van der Waals surface area contributed by atoms with Gasteiger partial charge in [-0.2, -0.15) is 0 Å². The minimum atomic E-state index is -0.154. The summed E-state index contributed by atoms with van der Waals surface area (Å²) in [6.45, 7) is 6.23. The number of likely N-dealkylation sites (tertiary alicyclic amines) is 1. The minimum Gasteiger partial charge on any atom is -0.392 e. The van der Waals surface area contributed by atoms with E-state index in [2.05, 4.69) is 24.1 Å². The van der Waals surface area contributed by atoms with E-state index in [1.807, 2.05) is 7.05 Å². The van der Waals surface area contributed by atoms with Crippen molar-refractivity contribution < 1.29 is 5.11 Å². The van der Waals surface area contributed by atoms with Crippen molar-refractivity contribution in [2.75, 3.05) is 20.1 Å². The molecule has 0 unspecified atom stereocenters. The lowest BCUT2D eigenvalue weighted by Crippen LogP contribution is -2.52. The summed E-state index contributed by atoms with van der Waals surface area (Å²) >= 11 is 0. The maximum atomic E-state index is 9.55. The summed E-state index contributed by atoms with van der Waals surface area (Å²) in [6.07, 6.45) is 0.735. The SMILES string of the molecule is CN[C@@H]1C[C@@H](O)CN(C(C)C)C1. The molecule has 12 heavy (non-hydrogen) atoms. The summed E-state index contributed by atoms with van der Waals surface area (Å²) in [5, 5.41) is 12.8. The molecule has 0 radical (unpaired) electrons. The van der Waals surface area contributed by atoms with E-state index in [4.69, 9.17) is 0 Å². The normalized spacial score (nSPS) is 32.8. The maximum Gasteiger partial charge on any atom is 0.0682 e. The Labute approximate surface area is 74.8 Å². The van der Waals surface area contributed by atoms with Gasteiger partial charge < -0.3 is 10.4 Å². The van der Waals surface area contributed by atoms with Gasteiger partial charge in [0.1, 0.15) is 0 Å². The zero-order chi connectivity index (χ0) is 9.14. The lowest BCUT2D eigenvalue weighted by Gasteiger charge is -2.37. The minimum absolute atomic E-state index is 0.154. The Kier molecular flexibility index (Phi) is 3.50. The highest BCUT2D eigenvalue weighted by molar-refractivity contribution is 4.83. The van der Waals surface area contributed by atoms with Crippen LogP contribution in [0.15, 0.2) is 0 Å². The molecule has 72 valence electrons. The molecule has 1 heterocycles. The van der Waals surface area contributed by atoms with Crippen LogP contribution in [0.2, 0.25) is 0 Å². The third-order valence-electron chi connectivity index (χ3n) is 2.60. The lowest BCUT2D eigenvalue weighted by atomic mass is 10.0. The van der Waals surface area contributed by atoms with Crippen molar-refractivity contribution in [2.45, 2.75) is 38.5 Å². The predicted molar refractivity (Wildman–Crippen MR) is 50.2 cm³/mol. The number of piperidine rings is 1. The van der Waals surface area contributed by atoms with Crippen LogP contribution < -0.4 is 5.32 Å². The molecule has 1 aliphatic rings. The Morgan fingerprint density at radius 2 is 2.08 bits per heavy atom. The fraction of sp³-hybridized carbons (Fsp3) is 1.00. The van der Waals surface area contributed by atoms with E-state index in [-0.39, 0.29) is 6.10 Å². The van der Waals surface area contributed by atoms with Crippen LogP contribution in [0.1, 0.15) is 20.3 Å². The van der Waals surface area contributed by atoms with Gasteiger partial charge in [0, 0.05) is 25.2 Å². The van der Waals surface area contributed by atoms with Crippen molar-refractivity contribution in [3.05, 3.63) is 0 Å². The van der Waals surface area contributed by atoms with E-state index >= 15 is 0 Å². The van der Waals surface area contributed by atoms with Crippen LogP contribution in [-0.4, -0.2) is 48.3 Å². The van der Waals surface area contributed by atoms with Crippen LogP contribution in [0.25, 0.3) is 0 Å². The van der Waals surface area contributed by atoms with Crippen molar-refractivity contribution in [3.63, 3.8) is 0 Å². The van der Waals surface area contributed by atoms with Gasteiger partial charge in [-0.05, 0) is 27.3 Å². The molecule has 0 aromatic carbocycles. The van der Waals surface area contributed by atoms with E-state index in [1.165, 1.54) is 0 Å². The van der Waals surface area contributed by atoms with E-state index in [0.717, 1.165) is 19.5 Å². The number of β-amino-alcohol motifs (C(OH)–C–C–N with tert-alkyl or cyclic N) is 1. The number of likely N-dealkylation sites (N-methyl/N-ethyl adjacent to an activating group) is 1. The van der Waals surface area contributed by atoms with Gasteiger partial charge in [0.2, 0.25) is 0 Å². The van der Waals surface area contributed by atoms with Crippen LogP contribution >= 0.6 is 0 Å². The fourth-order valence-corrected chi connectivity index (χ4v) is 1.74. The molecule has 1 aliphatic heterocycles. The Balaban J connectivity index is 2.45. The third kappa shape index (κ3) is 2.44. The first-order chi connectivity index (χ1) is 5.63. The summed E-state index contributed by atoms with van der Waals surface area (Å²) in [4.78, 5) is 2.31. The molecule has 0 spiro atoms. The first-order valence-electron chi connectivity index (χ1n) is 4.73. The Bertz CT molecular complexity index is 138. The number of hydrogen-bond acceptors (Lipinski definition) is 3. The molecular formula is C9H20N2O. The van der Waals surface area contributed by atoms with E-state index in [9.17, 15) is 5.11 Å². The molecule has 0 bridgehead atoms. The van der Waals surface area contributed by atoms with Crippen molar-refractivity contribution in [1.82, 2.24) is 10.2 Å². The van der Waals surface area contributed by atoms with Gasteiger partial charge >= 0.3 is 0 Å². The molecule has 2 N–H and O–H groups in total. The molecule has 1 fully saturated rings. The van der Waals surface area contributed by atoms with Gasteiger partial charge in [-0.25, -0.2) is 0 Å². The molecule has 0 aromatic heterocycles. The van der Waals surface area contributed by atoms with Gasteiger partial charge in [0.25, 0.3) is 0 Å². The van der Waals surface area contributed by atoms with Crippen LogP contribution in [0.3, 0.4) is 0 Å². The highest BCUT2D eigenvalue weighted by atomic mass is 16.3. The summed E-state index contributed by atoms with van der Waals surface area (Å²) in [5.74, 6) is 0. The summed E-state index contributed by atoms with van der Waals surface area (Å²) < 4.78 is 0. The van der Waals surface area contributed by atoms with Gasteiger partial charge in [0.05, 0.1) is 6.10 Å². The number of hydrogen-bond donors (Lipinski definition) is 2. The number of aliphatic hydroxyl groups excluding tert-OH is 1. The first kappa shape index (κ1) is 9.96. The first-order valence-corrected chi connectivity index (χ1v) is 4.73. The monoisotopic (exact) mass is 172 g/mol. The topological polar surface area (TPSA) is 35.5 Å². The van der Waals surface area contributed by atoms with Crippen LogP contribution in [0, 0.1) is 0 Å². The summed E-state index contributed by atoms with van der Waals surface area (Å²) in [5.41, 5.74) is 0. The predicted octanol–water partition coefficient (Wildman–Crippen LogP) is 0.0494. The zero-order valence-corrected chi connectivity index (χ0v) is 8.25. The average molecular weight is 172 g/mol. The second-order valence-corrected chi connectivity index (χ2v) is 3.92. The molecule has 0 aliphatic carbocycles. The van der Waals surface area contributed by atoms with Crippen LogP contribution in [-0.2, 0) is 0 Å². The molecule has 0 saturated carbocycles. The molecule has 0 aromatic rings. The van der Waals surface area contributed by atoms with Crippen LogP contribution in [0.4, 0.5) is 0 Å². The van der Waals surface area contributed by atoms with Crippen molar-refractivity contribution in [1.29, 1.82) is 0 Å². The van der Waals surface area contributed by atoms with E-state index < -0.39 is 0 Å². The van der Waals surface area contributed by atoms with Crippen molar-refractivity contribution >= 4 is 0 Å². The molecule has 1 saturated heterocycles. The number of nitrogens with zero attached hydrogens (tertiary/aromatic N) is 1. The standard InChI is InChI=1S/C9H20N2O/c1-7(2)11-5-8(10-3)4-9(12)6-11/h7-10,12H,4-6H2,1-3H3/t8-,9-/m1/s1. The largest absolute Gasteiger partial charge is 0.392 e. The molecule has 1 rings (SSSR count). The molecular weight excluding hydrogens is 152 g/mol. The van der Waals surface area contributed by atoms with E-state index in [1.54, 1.807) is 0 Å². The second kappa shape index (κ2) is 4.21. The fourth-order valence-electron chi connectivity index (χ4n) is 1.74. The van der Waals surface area contributed by atoms with Gasteiger partial charge in [-0.1, -0.05) is 0 Å². The average Bonchev–Trinajstić information content (AvgIpc) is 2.03. The maximum absolute atomic E-state index is 9.55. The highest BCUT2D eigenvalue weighted by Crippen LogP contribution is 2.12. The number of nitrogens with one attached hydrogen (secondary N) is 1.